The molecular formula is C33H34O5. The lowest BCUT2D eigenvalue weighted by molar-refractivity contribution is 0.151. The highest BCUT2D eigenvalue weighted by atomic mass is 16.7. The monoisotopic (exact) mass is 510 g/mol. The highest BCUT2D eigenvalue weighted by Crippen LogP contribution is 2.33. The maximum atomic E-state index is 12.8. The molecule has 0 fully saturated rings. The second-order valence-electron chi connectivity index (χ2n) is 9.86. The Bertz CT molecular complexity index is 1320. The third kappa shape index (κ3) is 6.17. The van der Waals surface area contributed by atoms with E-state index in [1.54, 1.807) is 24.3 Å². The first kappa shape index (κ1) is 26.8. The van der Waals surface area contributed by atoms with Gasteiger partial charge in [-0.05, 0) is 96.2 Å². The van der Waals surface area contributed by atoms with E-state index in [1.165, 1.54) is 0 Å². The van der Waals surface area contributed by atoms with Gasteiger partial charge in [0, 0.05) is 0 Å². The number of hydrogen-bond donors (Lipinski definition) is 2. The fourth-order valence-corrected chi connectivity index (χ4v) is 4.87. The van der Waals surface area contributed by atoms with E-state index in [1.807, 2.05) is 74.5 Å². The molecule has 0 aliphatic carbocycles. The molecule has 2 N–H and O–H groups in total. The van der Waals surface area contributed by atoms with Crippen LogP contribution in [-0.2, 0) is 12.8 Å². The Hall–Kier alpha value is -4.25. The van der Waals surface area contributed by atoms with Crippen LogP contribution in [0, 0.1) is 13.8 Å². The van der Waals surface area contributed by atoms with Gasteiger partial charge in [-0.3, -0.25) is 0 Å². The lowest BCUT2D eigenvalue weighted by Gasteiger charge is -2.18. The first-order chi connectivity index (χ1) is 18.2. The SMILES string of the molecule is Cc1c(CC(C)c2ccccc2O)cccc1OC(=O)Oc1cccc(CC(C)c2ccccc2O)c1C. The summed E-state index contributed by atoms with van der Waals surface area (Å²) in [7, 11) is 0. The summed E-state index contributed by atoms with van der Waals surface area (Å²) in [6.07, 6.45) is 0.575. The quantitative estimate of drug-likeness (QED) is 0.186. The second-order valence-corrected chi connectivity index (χ2v) is 9.86. The number of phenols is 2. The number of phenolic OH excluding ortho intramolecular Hbond substituents is 2. The number of rotatable bonds is 8. The van der Waals surface area contributed by atoms with Gasteiger partial charge in [0.1, 0.15) is 23.0 Å². The van der Waals surface area contributed by atoms with Gasteiger partial charge in [0.25, 0.3) is 0 Å². The molecule has 4 aromatic rings. The largest absolute Gasteiger partial charge is 0.519 e. The van der Waals surface area contributed by atoms with Crippen molar-refractivity contribution in [2.24, 2.45) is 0 Å². The summed E-state index contributed by atoms with van der Waals surface area (Å²) >= 11 is 0. The molecule has 2 unspecified atom stereocenters. The zero-order chi connectivity index (χ0) is 27.2. The summed E-state index contributed by atoms with van der Waals surface area (Å²) in [5.74, 6) is 1.62. The lowest BCUT2D eigenvalue weighted by atomic mass is 9.91. The molecule has 2 atom stereocenters. The number of carbonyl (C=O) groups is 1. The highest BCUT2D eigenvalue weighted by Gasteiger charge is 2.18. The van der Waals surface area contributed by atoms with Crippen molar-refractivity contribution < 1.29 is 24.5 Å². The Morgan fingerprint density at radius 1 is 0.632 bits per heavy atom. The van der Waals surface area contributed by atoms with Crippen molar-refractivity contribution in [3.63, 3.8) is 0 Å². The van der Waals surface area contributed by atoms with Crippen molar-refractivity contribution in [2.45, 2.75) is 52.4 Å². The zero-order valence-electron chi connectivity index (χ0n) is 22.3. The Morgan fingerprint density at radius 2 is 1.03 bits per heavy atom. The van der Waals surface area contributed by atoms with Gasteiger partial charge in [-0.2, -0.15) is 0 Å². The van der Waals surface area contributed by atoms with Gasteiger partial charge in [-0.15, -0.1) is 0 Å². The van der Waals surface area contributed by atoms with E-state index in [0.717, 1.165) is 33.4 Å². The van der Waals surface area contributed by atoms with Crippen LogP contribution >= 0.6 is 0 Å². The minimum absolute atomic E-state index is 0.0858. The molecule has 0 saturated carbocycles. The van der Waals surface area contributed by atoms with Gasteiger partial charge in [-0.25, -0.2) is 4.79 Å². The summed E-state index contributed by atoms with van der Waals surface area (Å²) in [6.45, 7) is 7.96. The first-order valence-corrected chi connectivity index (χ1v) is 12.9. The summed E-state index contributed by atoms with van der Waals surface area (Å²) in [4.78, 5) is 12.8. The summed E-state index contributed by atoms with van der Waals surface area (Å²) in [5, 5.41) is 20.4. The van der Waals surface area contributed by atoms with E-state index in [9.17, 15) is 15.0 Å². The number of carbonyl (C=O) groups excluding carboxylic acids is 1. The van der Waals surface area contributed by atoms with Crippen LogP contribution in [0.2, 0.25) is 0 Å². The standard InChI is InChI=1S/C33H34O5/c1-21(27-13-5-7-15-29(27)34)19-25-11-9-17-31(23(25)3)37-33(36)38-32-18-10-12-26(24(32)4)20-22(2)28-14-6-8-16-30(28)35/h5-18,21-22,34-35H,19-20H2,1-4H3. The number of aromatic hydroxyl groups is 2. The van der Waals surface area contributed by atoms with Crippen LogP contribution in [0.15, 0.2) is 84.9 Å². The van der Waals surface area contributed by atoms with Gasteiger partial charge in [0.2, 0.25) is 0 Å². The Kier molecular flexibility index (Phi) is 8.37. The Labute approximate surface area is 224 Å². The van der Waals surface area contributed by atoms with Gasteiger partial charge in [-0.1, -0.05) is 74.5 Å². The van der Waals surface area contributed by atoms with Gasteiger partial charge in [0.15, 0.2) is 0 Å². The van der Waals surface area contributed by atoms with E-state index in [4.69, 9.17) is 9.47 Å². The number of benzene rings is 4. The van der Waals surface area contributed by atoms with Crippen molar-refractivity contribution in [1.29, 1.82) is 0 Å². The van der Waals surface area contributed by atoms with Gasteiger partial charge in [0.05, 0.1) is 0 Å². The second kappa shape index (κ2) is 11.9. The van der Waals surface area contributed by atoms with Crippen molar-refractivity contribution >= 4 is 6.16 Å². The van der Waals surface area contributed by atoms with Crippen molar-refractivity contribution in [3.05, 3.63) is 118 Å². The maximum Gasteiger partial charge on any atom is 0.519 e. The number of hydrogen-bond acceptors (Lipinski definition) is 5. The molecular weight excluding hydrogens is 476 g/mol. The molecule has 5 nitrogen and oxygen atoms in total. The van der Waals surface area contributed by atoms with E-state index in [-0.39, 0.29) is 23.3 Å². The predicted molar refractivity (Wildman–Crippen MR) is 149 cm³/mol. The molecule has 5 heteroatoms. The van der Waals surface area contributed by atoms with Crippen molar-refractivity contribution in [2.75, 3.05) is 0 Å². The van der Waals surface area contributed by atoms with Crippen LogP contribution in [-0.4, -0.2) is 16.4 Å². The normalized spacial score (nSPS) is 12.5. The summed E-state index contributed by atoms with van der Waals surface area (Å²) < 4.78 is 11.2. The molecule has 0 spiro atoms. The van der Waals surface area contributed by atoms with Crippen LogP contribution in [0.1, 0.15) is 59.1 Å². The van der Waals surface area contributed by atoms with Crippen LogP contribution < -0.4 is 9.47 Å². The molecule has 0 saturated heterocycles. The molecule has 0 heterocycles. The highest BCUT2D eigenvalue weighted by molar-refractivity contribution is 5.68. The predicted octanol–water partition coefficient (Wildman–Crippen LogP) is 7.98. The third-order valence-electron chi connectivity index (χ3n) is 7.17. The molecule has 196 valence electrons. The summed E-state index contributed by atoms with van der Waals surface area (Å²) in [6, 6.07) is 25.9. The zero-order valence-corrected chi connectivity index (χ0v) is 22.3. The van der Waals surface area contributed by atoms with Crippen LogP contribution in [0.4, 0.5) is 4.79 Å². The van der Waals surface area contributed by atoms with E-state index >= 15 is 0 Å². The number of ether oxygens (including phenoxy) is 2. The summed E-state index contributed by atoms with van der Waals surface area (Å²) in [5.41, 5.74) is 5.53. The molecule has 0 aromatic heterocycles. The average Bonchev–Trinajstić information content (AvgIpc) is 2.89. The van der Waals surface area contributed by atoms with Crippen molar-refractivity contribution in [1.82, 2.24) is 0 Å². The fraction of sp³-hybridized carbons (Fsp3) is 0.242. The van der Waals surface area contributed by atoms with Gasteiger partial charge < -0.3 is 19.7 Å². The molecule has 38 heavy (non-hydrogen) atoms. The molecule has 4 aromatic carbocycles. The minimum atomic E-state index is -0.798. The molecule has 0 amide bonds. The van der Waals surface area contributed by atoms with E-state index in [0.29, 0.717) is 24.3 Å². The van der Waals surface area contributed by atoms with Crippen LogP contribution in [0.3, 0.4) is 0 Å². The van der Waals surface area contributed by atoms with E-state index in [2.05, 4.69) is 13.8 Å². The van der Waals surface area contributed by atoms with Gasteiger partial charge >= 0.3 is 6.16 Å². The third-order valence-corrected chi connectivity index (χ3v) is 7.17. The topological polar surface area (TPSA) is 76.0 Å². The van der Waals surface area contributed by atoms with Crippen LogP contribution in [0.25, 0.3) is 0 Å². The van der Waals surface area contributed by atoms with E-state index < -0.39 is 6.16 Å². The Morgan fingerprint density at radius 3 is 1.42 bits per heavy atom. The average molecular weight is 511 g/mol. The van der Waals surface area contributed by atoms with Crippen LogP contribution in [0.5, 0.6) is 23.0 Å². The molecule has 0 bridgehead atoms. The molecule has 4 rings (SSSR count). The molecule has 0 aliphatic heterocycles. The maximum absolute atomic E-state index is 12.8. The van der Waals surface area contributed by atoms with Crippen molar-refractivity contribution in [3.8, 4) is 23.0 Å². The lowest BCUT2D eigenvalue weighted by Crippen LogP contribution is -2.16. The first-order valence-electron chi connectivity index (χ1n) is 12.9. The smallest absolute Gasteiger partial charge is 0.508 e. The fourth-order valence-electron chi connectivity index (χ4n) is 4.87. The Balaban J connectivity index is 1.44. The number of para-hydroxylation sites is 2. The minimum Gasteiger partial charge on any atom is -0.508 e. The molecule has 0 radical (unpaired) electrons. The molecule has 0 aliphatic rings.